The van der Waals surface area contributed by atoms with Gasteiger partial charge < -0.3 is 4.74 Å². The second-order valence-corrected chi connectivity index (χ2v) is 3.58. The molecule has 5 nitrogen and oxygen atoms in total. The number of nitrogens with one attached hydrogen (secondary N) is 1. The highest BCUT2D eigenvalue weighted by atomic mass is 16.5. The zero-order valence-electron chi connectivity index (χ0n) is 9.40. The van der Waals surface area contributed by atoms with E-state index in [0.717, 1.165) is 6.42 Å². The van der Waals surface area contributed by atoms with E-state index in [1.807, 2.05) is 6.92 Å². The van der Waals surface area contributed by atoms with Gasteiger partial charge in [0.25, 0.3) is 5.56 Å². The van der Waals surface area contributed by atoms with Crippen molar-refractivity contribution < 1.29 is 9.53 Å². The van der Waals surface area contributed by atoms with E-state index in [1.54, 1.807) is 24.3 Å². The molecule has 88 valence electrons. The molecule has 17 heavy (non-hydrogen) atoms. The van der Waals surface area contributed by atoms with Crippen LogP contribution in [0.4, 0.5) is 0 Å². The number of hydrogen-bond acceptors (Lipinski definition) is 4. The molecule has 0 saturated carbocycles. The fourth-order valence-corrected chi connectivity index (χ4v) is 1.53. The Morgan fingerprint density at radius 2 is 2.06 bits per heavy atom. The minimum atomic E-state index is -0.515. The quantitative estimate of drug-likeness (QED) is 0.814. The number of fused-ring (bicyclic) bond motifs is 1. The van der Waals surface area contributed by atoms with E-state index in [4.69, 9.17) is 4.74 Å². The smallest absolute Gasteiger partial charge is 0.359 e. The van der Waals surface area contributed by atoms with E-state index >= 15 is 0 Å². The summed E-state index contributed by atoms with van der Waals surface area (Å²) >= 11 is 0. The summed E-state index contributed by atoms with van der Waals surface area (Å²) in [7, 11) is 0. The molecule has 0 bridgehead atoms. The molecule has 1 aromatic heterocycles. The molecule has 5 heteroatoms. The molecule has 0 saturated heterocycles. The summed E-state index contributed by atoms with van der Waals surface area (Å²) in [5.74, 6) is -0.515. The van der Waals surface area contributed by atoms with Gasteiger partial charge in [-0.05, 0) is 12.5 Å². The number of carbonyl (C=O) groups is 1. The molecule has 0 amide bonds. The average molecular weight is 232 g/mol. The fourth-order valence-electron chi connectivity index (χ4n) is 1.53. The van der Waals surface area contributed by atoms with Crippen LogP contribution in [0.5, 0.6) is 0 Å². The zero-order chi connectivity index (χ0) is 12.3. The zero-order valence-corrected chi connectivity index (χ0v) is 9.40. The van der Waals surface area contributed by atoms with Gasteiger partial charge in [0.05, 0.1) is 12.0 Å². The van der Waals surface area contributed by atoms with Crippen LogP contribution in [0.1, 0.15) is 23.8 Å². The molecule has 0 aliphatic rings. The maximum atomic E-state index is 11.7. The third kappa shape index (κ3) is 2.18. The average Bonchev–Trinajstić information content (AvgIpc) is 2.37. The van der Waals surface area contributed by atoms with Crippen molar-refractivity contribution in [3.63, 3.8) is 0 Å². The lowest BCUT2D eigenvalue weighted by Crippen LogP contribution is -2.16. The number of rotatable bonds is 3. The minimum absolute atomic E-state index is 0.147. The van der Waals surface area contributed by atoms with Crippen molar-refractivity contribution in [2.75, 3.05) is 6.61 Å². The van der Waals surface area contributed by atoms with Crippen LogP contribution in [0.2, 0.25) is 0 Å². The maximum Gasteiger partial charge on any atom is 0.359 e. The first kappa shape index (κ1) is 11.3. The molecule has 0 spiro atoms. The summed E-state index contributed by atoms with van der Waals surface area (Å²) in [6.45, 7) is 2.25. The van der Waals surface area contributed by atoms with Crippen LogP contribution in [-0.4, -0.2) is 22.8 Å². The molecule has 1 heterocycles. The van der Waals surface area contributed by atoms with Crippen LogP contribution in [0.15, 0.2) is 29.1 Å². The number of benzene rings is 1. The monoisotopic (exact) mass is 232 g/mol. The molecule has 0 radical (unpaired) electrons. The minimum Gasteiger partial charge on any atom is -0.461 e. The summed E-state index contributed by atoms with van der Waals surface area (Å²) in [6.07, 6.45) is 0.743. The van der Waals surface area contributed by atoms with Crippen molar-refractivity contribution in [2.24, 2.45) is 0 Å². The molecule has 0 unspecified atom stereocenters. The van der Waals surface area contributed by atoms with Crippen LogP contribution in [-0.2, 0) is 4.74 Å². The third-order valence-electron chi connectivity index (χ3n) is 2.33. The molecule has 1 N–H and O–H groups in total. The third-order valence-corrected chi connectivity index (χ3v) is 2.33. The van der Waals surface area contributed by atoms with Gasteiger partial charge in [0, 0.05) is 5.39 Å². The summed E-state index contributed by atoms with van der Waals surface area (Å²) in [6, 6.07) is 6.81. The van der Waals surface area contributed by atoms with Crippen LogP contribution < -0.4 is 5.56 Å². The van der Waals surface area contributed by atoms with E-state index in [0.29, 0.717) is 17.4 Å². The summed E-state index contributed by atoms with van der Waals surface area (Å²) in [4.78, 5) is 23.2. The van der Waals surface area contributed by atoms with Gasteiger partial charge in [-0.3, -0.25) is 4.79 Å². The standard InChI is InChI=1S/C12H12N2O3/c1-2-7-17-12(16)10-8-5-3-4-6-9(8)11(15)14-13-10/h3-6H,2,7H2,1H3,(H,14,15). The number of esters is 1. The largest absolute Gasteiger partial charge is 0.461 e. The Morgan fingerprint density at radius 3 is 2.76 bits per heavy atom. The Labute approximate surface area is 97.4 Å². The van der Waals surface area contributed by atoms with Gasteiger partial charge in [0.2, 0.25) is 0 Å². The number of hydrogen-bond donors (Lipinski definition) is 1. The maximum absolute atomic E-state index is 11.7. The van der Waals surface area contributed by atoms with Crippen LogP contribution in [0.25, 0.3) is 10.8 Å². The molecule has 2 rings (SSSR count). The molecule has 0 atom stereocenters. The lowest BCUT2D eigenvalue weighted by atomic mass is 10.1. The highest BCUT2D eigenvalue weighted by Gasteiger charge is 2.14. The van der Waals surface area contributed by atoms with Gasteiger partial charge in [-0.25, -0.2) is 9.89 Å². The number of ether oxygens (including phenoxy) is 1. The van der Waals surface area contributed by atoms with E-state index in [2.05, 4.69) is 10.2 Å². The van der Waals surface area contributed by atoms with Crippen molar-refractivity contribution in [1.82, 2.24) is 10.2 Å². The lowest BCUT2D eigenvalue weighted by Gasteiger charge is -2.04. The Hall–Kier alpha value is -2.17. The van der Waals surface area contributed by atoms with Gasteiger partial charge in [-0.15, -0.1) is 0 Å². The van der Waals surface area contributed by atoms with Crippen molar-refractivity contribution in [3.8, 4) is 0 Å². The Balaban J connectivity index is 2.52. The van der Waals surface area contributed by atoms with Gasteiger partial charge in [-0.1, -0.05) is 25.1 Å². The van der Waals surface area contributed by atoms with Gasteiger partial charge in [-0.2, -0.15) is 5.10 Å². The van der Waals surface area contributed by atoms with E-state index in [9.17, 15) is 9.59 Å². The number of nitrogens with zero attached hydrogens (tertiary/aromatic N) is 1. The van der Waals surface area contributed by atoms with Crippen LogP contribution >= 0.6 is 0 Å². The lowest BCUT2D eigenvalue weighted by molar-refractivity contribution is 0.0499. The van der Waals surface area contributed by atoms with Gasteiger partial charge in [0.15, 0.2) is 5.69 Å². The van der Waals surface area contributed by atoms with Crippen molar-refractivity contribution in [3.05, 3.63) is 40.3 Å². The molecule has 1 aromatic carbocycles. The molecule has 0 fully saturated rings. The Morgan fingerprint density at radius 1 is 1.35 bits per heavy atom. The SMILES string of the molecule is CCCOC(=O)c1n[nH]c(=O)c2ccccc12. The summed E-state index contributed by atoms with van der Waals surface area (Å²) in [5, 5.41) is 6.99. The molecule has 0 aliphatic heterocycles. The summed E-state index contributed by atoms with van der Waals surface area (Å²) in [5.41, 5.74) is -0.165. The number of aromatic nitrogens is 2. The Bertz CT molecular complexity index is 604. The van der Waals surface area contributed by atoms with Gasteiger partial charge in [0.1, 0.15) is 0 Å². The molecular weight excluding hydrogens is 220 g/mol. The second-order valence-electron chi connectivity index (χ2n) is 3.58. The first-order valence-electron chi connectivity index (χ1n) is 5.38. The van der Waals surface area contributed by atoms with E-state index in [-0.39, 0.29) is 11.3 Å². The fraction of sp³-hybridized carbons (Fsp3) is 0.250. The summed E-state index contributed by atoms with van der Waals surface area (Å²) < 4.78 is 5.00. The molecular formula is C12H12N2O3. The molecule has 0 aliphatic carbocycles. The number of H-pyrrole nitrogens is 1. The highest BCUT2D eigenvalue weighted by Crippen LogP contribution is 2.13. The normalized spacial score (nSPS) is 10.4. The van der Waals surface area contributed by atoms with Crippen molar-refractivity contribution in [1.29, 1.82) is 0 Å². The second kappa shape index (κ2) is 4.78. The van der Waals surface area contributed by atoms with Crippen molar-refractivity contribution >= 4 is 16.7 Å². The number of aromatic amines is 1. The van der Waals surface area contributed by atoms with E-state index in [1.165, 1.54) is 0 Å². The van der Waals surface area contributed by atoms with E-state index < -0.39 is 5.97 Å². The number of carbonyl (C=O) groups excluding carboxylic acids is 1. The van der Waals surface area contributed by atoms with Crippen LogP contribution in [0, 0.1) is 0 Å². The first-order valence-corrected chi connectivity index (χ1v) is 5.38. The van der Waals surface area contributed by atoms with Crippen molar-refractivity contribution in [2.45, 2.75) is 13.3 Å². The predicted octanol–water partition coefficient (Wildman–Crippen LogP) is 1.49. The highest BCUT2D eigenvalue weighted by molar-refractivity contribution is 6.01. The van der Waals surface area contributed by atoms with Crippen LogP contribution in [0.3, 0.4) is 0 Å². The topological polar surface area (TPSA) is 72.0 Å². The predicted molar refractivity (Wildman–Crippen MR) is 62.9 cm³/mol. The first-order chi connectivity index (χ1) is 8.24. The van der Waals surface area contributed by atoms with Gasteiger partial charge >= 0.3 is 5.97 Å². The Kier molecular flexibility index (Phi) is 3.18. The molecule has 2 aromatic rings.